The number of pyridine rings is 1. The molecule has 3 aromatic heterocycles. The second-order valence-corrected chi connectivity index (χ2v) is 6.08. The van der Waals surface area contributed by atoms with Gasteiger partial charge in [0.05, 0.1) is 5.69 Å². The van der Waals surface area contributed by atoms with Crippen LogP contribution in [0.1, 0.15) is 0 Å². The van der Waals surface area contributed by atoms with Gasteiger partial charge in [-0.2, -0.15) is 5.10 Å². The van der Waals surface area contributed by atoms with E-state index in [9.17, 15) is 0 Å². The molecule has 0 aliphatic heterocycles. The van der Waals surface area contributed by atoms with Crippen LogP contribution in [0.2, 0.25) is 5.02 Å². The summed E-state index contributed by atoms with van der Waals surface area (Å²) in [6.07, 6.45) is 4.89. The number of halogens is 1. The van der Waals surface area contributed by atoms with Gasteiger partial charge in [-0.05, 0) is 24.3 Å². The zero-order valence-corrected chi connectivity index (χ0v) is 13.4. The summed E-state index contributed by atoms with van der Waals surface area (Å²) in [6, 6.07) is 11.5. The molecule has 0 N–H and O–H groups in total. The van der Waals surface area contributed by atoms with Crippen molar-refractivity contribution in [3.63, 3.8) is 0 Å². The number of rotatable bonds is 3. The normalized spacial score (nSPS) is 10.8. The van der Waals surface area contributed by atoms with Gasteiger partial charge in [-0.25, -0.2) is 19.6 Å². The Morgan fingerprint density at radius 1 is 1.00 bits per heavy atom. The lowest BCUT2D eigenvalue weighted by atomic mass is 10.2. The number of aromatic nitrogens is 5. The summed E-state index contributed by atoms with van der Waals surface area (Å²) in [7, 11) is 0. The quantitative estimate of drug-likeness (QED) is 0.563. The van der Waals surface area contributed by atoms with Gasteiger partial charge >= 0.3 is 0 Å². The van der Waals surface area contributed by atoms with Crippen LogP contribution >= 0.6 is 22.9 Å². The first kappa shape index (κ1) is 14.0. The molecule has 3 heterocycles. The molecule has 0 atom stereocenters. The highest BCUT2D eigenvalue weighted by molar-refractivity contribution is 7.13. The molecule has 5 nitrogen and oxygen atoms in total. The van der Waals surface area contributed by atoms with Crippen molar-refractivity contribution >= 4 is 22.9 Å². The molecule has 0 saturated carbocycles. The van der Waals surface area contributed by atoms with Gasteiger partial charge in [-0.3, -0.25) is 0 Å². The molecule has 7 heteroatoms. The smallest absolute Gasteiger partial charge is 0.155 e. The summed E-state index contributed by atoms with van der Waals surface area (Å²) in [4.78, 5) is 13.0. The maximum Gasteiger partial charge on any atom is 0.155 e. The topological polar surface area (TPSA) is 56.5 Å². The van der Waals surface area contributed by atoms with Gasteiger partial charge in [0, 0.05) is 27.7 Å². The maximum atomic E-state index is 5.92. The Labute approximate surface area is 141 Å². The Kier molecular flexibility index (Phi) is 3.61. The van der Waals surface area contributed by atoms with Gasteiger partial charge in [-0.1, -0.05) is 23.7 Å². The minimum atomic E-state index is 0.720. The van der Waals surface area contributed by atoms with Crippen molar-refractivity contribution in [3.8, 4) is 27.6 Å². The Morgan fingerprint density at radius 3 is 2.52 bits per heavy atom. The monoisotopic (exact) mass is 339 g/mol. The fourth-order valence-corrected chi connectivity index (χ4v) is 3.08. The third-order valence-corrected chi connectivity index (χ3v) is 4.44. The van der Waals surface area contributed by atoms with Crippen molar-refractivity contribution in [2.45, 2.75) is 0 Å². The highest BCUT2D eigenvalue weighted by Gasteiger charge is 2.08. The highest BCUT2D eigenvalue weighted by Crippen LogP contribution is 2.29. The second-order valence-electron chi connectivity index (χ2n) is 4.79. The molecule has 0 aliphatic rings. The molecule has 1 aromatic carbocycles. The number of hydrogen-bond donors (Lipinski definition) is 0. The van der Waals surface area contributed by atoms with Crippen LogP contribution in [0.15, 0.2) is 60.6 Å². The van der Waals surface area contributed by atoms with Crippen LogP contribution in [0, 0.1) is 0 Å². The number of hydrogen-bond acceptors (Lipinski definition) is 5. The van der Waals surface area contributed by atoms with E-state index in [0.717, 1.165) is 32.7 Å². The van der Waals surface area contributed by atoms with Gasteiger partial charge in [0.2, 0.25) is 0 Å². The average Bonchev–Trinajstić information content (AvgIpc) is 3.28. The molecule has 0 radical (unpaired) electrons. The lowest BCUT2D eigenvalue weighted by Gasteiger charge is -2.00. The molecule has 0 fully saturated rings. The SMILES string of the molecule is Clc1ccc(-c2csc(-c3ccc(-n4cncn4)nc3)n2)cc1. The van der Waals surface area contributed by atoms with E-state index in [1.807, 2.05) is 41.8 Å². The number of thiazole rings is 1. The van der Waals surface area contributed by atoms with Crippen LogP contribution in [0.3, 0.4) is 0 Å². The fourth-order valence-electron chi connectivity index (χ4n) is 2.13. The van der Waals surface area contributed by atoms with Crippen LogP contribution in [0.5, 0.6) is 0 Å². The fraction of sp³-hybridized carbons (Fsp3) is 0. The van der Waals surface area contributed by atoms with Crippen molar-refractivity contribution < 1.29 is 0 Å². The van der Waals surface area contributed by atoms with Crippen molar-refractivity contribution in [2.75, 3.05) is 0 Å². The number of nitrogens with zero attached hydrogens (tertiary/aromatic N) is 5. The van der Waals surface area contributed by atoms with Crippen molar-refractivity contribution in [2.24, 2.45) is 0 Å². The van der Waals surface area contributed by atoms with E-state index in [0.29, 0.717) is 0 Å². The van der Waals surface area contributed by atoms with Crippen LogP contribution in [-0.2, 0) is 0 Å². The molecule has 0 saturated heterocycles. The molecule has 0 amide bonds. The van der Waals surface area contributed by atoms with E-state index in [4.69, 9.17) is 11.6 Å². The summed E-state index contributed by atoms with van der Waals surface area (Å²) in [5.74, 6) is 0.723. The minimum Gasteiger partial charge on any atom is -0.236 e. The summed E-state index contributed by atoms with van der Waals surface area (Å²) < 4.78 is 1.62. The van der Waals surface area contributed by atoms with E-state index in [1.54, 1.807) is 28.5 Å². The van der Waals surface area contributed by atoms with E-state index >= 15 is 0 Å². The van der Waals surface area contributed by atoms with E-state index in [2.05, 4.69) is 20.1 Å². The van der Waals surface area contributed by atoms with Crippen molar-refractivity contribution in [3.05, 3.63) is 65.7 Å². The van der Waals surface area contributed by atoms with Gasteiger partial charge in [0.1, 0.15) is 17.7 Å². The Bertz CT molecular complexity index is 914. The second kappa shape index (κ2) is 5.91. The molecule has 112 valence electrons. The van der Waals surface area contributed by atoms with Crippen LogP contribution in [-0.4, -0.2) is 24.7 Å². The van der Waals surface area contributed by atoms with Crippen LogP contribution in [0.4, 0.5) is 0 Å². The summed E-state index contributed by atoms with van der Waals surface area (Å²) in [5, 5.41) is 7.73. The molecule has 0 spiro atoms. The zero-order valence-electron chi connectivity index (χ0n) is 11.8. The molecule has 23 heavy (non-hydrogen) atoms. The van der Waals surface area contributed by atoms with Crippen molar-refractivity contribution in [1.82, 2.24) is 24.7 Å². The number of benzene rings is 1. The maximum absolute atomic E-state index is 5.92. The lowest BCUT2D eigenvalue weighted by Crippen LogP contribution is -1.97. The predicted octanol–water partition coefficient (Wildman–Crippen LogP) is 4.11. The Morgan fingerprint density at radius 2 is 1.83 bits per heavy atom. The van der Waals surface area contributed by atoms with Gasteiger partial charge in [-0.15, -0.1) is 11.3 Å². The predicted molar refractivity (Wildman–Crippen MR) is 90.7 cm³/mol. The minimum absolute atomic E-state index is 0.720. The average molecular weight is 340 g/mol. The third-order valence-electron chi connectivity index (χ3n) is 3.29. The first-order valence-electron chi connectivity index (χ1n) is 6.82. The molecule has 0 unspecified atom stereocenters. The van der Waals surface area contributed by atoms with Crippen LogP contribution in [0.25, 0.3) is 27.6 Å². The standard InChI is InChI=1S/C16H10ClN5S/c17-13-4-1-11(2-5-13)14-8-23-16(21-14)12-3-6-15(19-7-12)22-10-18-9-20-22/h1-10H. The van der Waals surface area contributed by atoms with E-state index < -0.39 is 0 Å². The van der Waals surface area contributed by atoms with Crippen LogP contribution < -0.4 is 0 Å². The van der Waals surface area contributed by atoms with E-state index in [-0.39, 0.29) is 0 Å². The van der Waals surface area contributed by atoms with Gasteiger partial charge in [0.15, 0.2) is 5.82 Å². The first-order valence-corrected chi connectivity index (χ1v) is 8.08. The Hall–Kier alpha value is -2.57. The molecule has 0 aliphatic carbocycles. The third kappa shape index (κ3) is 2.86. The molecular formula is C16H10ClN5S. The molecule has 4 aromatic rings. The largest absolute Gasteiger partial charge is 0.236 e. The first-order chi connectivity index (χ1) is 11.3. The highest BCUT2D eigenvalue weighted by atomic mass is 35.5. The molecular weight excluding hydrogens is 330 g/mol. The van der Waals surface area contributed by atoms with Crippen molar-refractivity contribution in [1.29, 1.82) is 0 Å². The Balaban J connectivity index is 1.62. The van der Waals surface area contributed by atoms with E-state index in [1.165, 1.54) is 6.33 Å². The molecule has 0 bridgehead atoms. The summed E-state index contributed by atoms with van der Waals surface area (Å²) in [6.45, 7) is 0. The van der Waals surface area contributed by atoms with Gasteiger partial charge in [0.25, 0.3) is 0 Å². The zero-order chi connectivity index (χ0) is 15.6. The summed E-state index contributed by atoms with van der Waals surface area (Å²) in [5.41, 5.74) is 2.95. The summed E-state index contributed by atoms with van der Waals surface area (Å²) >= 11 is 7.51. The van der Waals surface area contributed by atoms with Gasteiger partial charge < -0.3 is 0 Å². The molecule has 4 rings (SSSR count). The lowest BCUT2D eigenvalue weighted by molar-refractivity contribution is 0.846.